The molecule has 6 nitrogen and oxygen atoms in total. The minimum atomic E-state index is 0.779. The third kappa shape index (κ3) is 3.04. The lowest BCUT2D eigenvalue weighted by atomic mass is 10.00. The molecule has 4 rings (SSSR count). The second-order valence-electron chi connectivity index (χ2n) is 6.99. The Labute approximate surface area is 147 Å². The largest absolute Gasteiger partial charge is 0.341 e. The molecular formula is C19H24N6. The van der Waals surface area contributed by atoms with E-state index in [2.05, 4.69) is 41.3 Å². The van der Waals surface area contributed by atoms with Gasteiger partial charge in [-0.25, -0.2) is 0 Å². The Morgan fingerprint density at radius 3 is 2.64 bits per heavy atom. The molecule has 0 bridgehead atoms. The minimum Gasteiger partial charge on any atom is -0.341 e. The Morgan fingerprint density at radius 2 is 1.88 bits per heavy atom. The Kier molecular flexibility index (Phi) is 4.03. The van der Waals surface area contributed by atoms with Crippen molar-refractivity contribution in [3.8, 4) is 0 Å². The number of para-hydroxylation sites is 1. The quantitative estimate of drug-likeness (QED) is 0.791. The van der Waals surface area contributed by atoms with Gasteiger partial charge in [0.25, 0.3) is 0 Å². The highest BCUT2D eigenvalue weighted by molar-refractivity contribution is 5.89. The number of nitrogens with one attached hydrogen (secondary N) is 1. The zero-order chi connectivity index (χ0) is 17.4. The van der Waals surface area contributed by atoms with Crippen LogP contribution in [0.4, 0.5) is 17.5 Å². The van der Waals surface area contributed by atoms with Crippen molar-refractivity contribution in [2.75, 3.05) is 23.3 Å². The van der Waals surface area contributed by atoms with E-state index in [9.17, 15) is 0 Å². The molecule has 1 N–H and O–H groups in total. The van der Waals surface area contributed by atoms with Crippen LogP contribution in [0.5, 0.6) is 0 Å². The van der Waals surface area contributed by atoms with Gasteiger partial charge in [0.2, 0.25) is 5.95 Å². The fraction of sp³-hybridized carbons (Fsp3) is 0.421. The van der Waals surface area contributed by atoms with Gasteiger partial charge in [-0.3, -0.25) is 4.68 Å². The van der Waals surface area contributed by atoms with Gasteiger partial charge < -0.3 is 10.2 Å². The Bertz CT molecular complexity index is 892. The van der Waals surface area contributed by atoms with Gasteiger partial charge in [-0.05, 0) is 37.3 Å². The molecule has 0 aliphatic carbocycles. The van der Waals surface area contributed by atoms with Gasteiger partial charge in [0.1, 0.15) is 5.82 Å². The molecule has 1 aliphatic rings. The zero-order valence-corrected chi connectivity index (χ0v) is 15.0. The maximum atomic E-state index is 4.85. The van der Waals surface area contributed by atoms with Crippen molar-refractivity contribution >= 4 is 28.5 Å². The molecule has 0 amide bonds. The van der Waals surface area contributed by atoms with E-state index in [1.165, 1.54) is 18.4 Å². The van der Waals surface area contributed by atoms with E-state index < -0.39 is 0 Å². The monoisotopic (exact) mass is 336 g/mol. The molecule has 6 heteroatoms. The minimum absolute atomic E-state index is 0.779. The van der Waals surface area contributed by atoms with Crippen molar-refractivity contribution in [2.45, 2.75) is 26.7 Å². The number of nitrogens with zero attached hydrogens (tertiary/aromatic N) is 5. The topological polar surface area (TPSA) is 58.9 Å². The number of anilines is 3. The molecule has 0 saturated carbocycles. The van der Waals surface area contributed by atoms with Crippen molar-refractivity contribution in [1.82, 2.24) is 19.7 Å². The smallest absolute Gasteiger partial charge is 0.229 e. The Morgan fingerprint density at radius 1 is 1.12 bits per heavy atom. The number of aryl methyl sites for hydroxylation is 2. The number of rotatable bonds is 3. The lowest BCUT2D eigenvalue weighted by Gasteiger charge is -2.30. The molecule has 1 saturated heterocycles. The van der Waals surface area contributed by atoms with Crippen LogP contribution in [0.15, 0.2) is 30.5 Å². The summed E-state index contributed by atoms with van der Waals surface area (Å²) in [5.74, 6) is 2.39. The van der Waals surface area contributed by atoms with Crippen LogP contribution in [0.25, 0.3) is 11.0 Å². The van der Waals surface area contributed by atoms with Crippen LogP contribution in [0.2, 0.25) is 0 Å². The van der Waals surface area contributed by atoms with Gasteiger partial charge in [0, 0.05) is 25.8 Å². The summed E-state index contributed by atoms with van der Waals surface area (Å²) < 4.78 is 1.82. The molecule has 1 aliphatic heterocycles. The van der Waals surface area contributed by atoms with Crippen LogP contribution >= 0.6 is 0 Å². The van der Waals surface area contributed by atoms with Crippen molar-refractivity contribution in [1.29, 1.82) is 0 Å². The number of fused-ring (bicyclic) bond motifs is 1. The van der Waals surface area contributed by atoms with E-state index >= 15 is 0 Å². The first-order valence-electron chi connectivity index (χ1n) is 8.89. The number of aromatic nitrogens is 4. The maximum Gasteiger partial charge on any atom is 0.229 e. The molecule has 130 valence electrons. The summed E-state index contributed by atoms with van der Waals surface area (Å²) >= 11 is 0. The lowest BCUT2D eigenvalue weighted by molar-refractivity contribution is 0.434. The second kappa shape index (κ2) is 6.35. The number of benzene rings is 1. The summed E-state index contributed by atoms with van der Waals surface area (Å²) in [7, 11) is 1.93. The fourth-order valence-corrected chi connectivity index (χ4v) is 3.30. The number of hydrogen-bond acceptors (Lipinski definition) is 5. The van der Waals surface area contributed by atoms with Crippen molar-refractivity contribution < 1.29 is 0 Å². The fourth-order valence-electron chi connectivity index (χ4n) is 3.30. The van der Waals surface area contributed by atoms with Crippen LogP contribution in [0, 0.1) is 12.8 Å². The van der Waals surface area contributed by atoms with E-state index in [1.807, 2.05) is 30.1 Å². The van der Waals surface area contributed by atoms with Gasteiger partial charge in [-0.1, -0.05) is 25.1 Å². The van der Waals surface area contributed by atoms with E-state index in [0.717, 1.165) is 47.5 Å². The molecular weight excluding hydrogens is 312 g/mol. The standard InChI is InChI=1S/C19H24N6/c1-13-8-10-25(11-9-13)19-22-17(15-12-20-24(3)18(15)23-19)21-16-7-5-4-6-14(16)2/h4-7,12-13H,8-11H2,1-3H3,(H,21,22,23). The van der Waals surface area contributed by atoms with Gasteiger partial charge in [0.05, 0.1) is 11.6 Å². The van der Waals surface area contributed by atoms with Crippen LogP contribution in [-0.2, 0) is 7.05 Å². The average Bonchev–Trinajstić information content (AvgIpc) is 2.99. The number of piperidine rings is 1. The first-order chi connectivity index (χ1) is 12.1. The van der Waals surface area contributed by atoms with Crippen LogP contribution < -0.4 is 10.2 Å². The highest BCUT2D eigenvalue weighted by atomic mass is 15.3. The van der Waals surface area contributed by atoms with Gasteiger partial charge in [-0.15, -0.1) is 0 Å². The van der Waals surface area contributed by atoms with E-state index in [1.54, 1.807) is 0 Å². The molecule has 3 aromatic rings. The Balaban J connectivity index is 1.76. The third-order valence-electron chi connectivity index (χ3n) is 5.04. The molecule has 0 atom stereocenters. The van der Waals surface area contributed by atoms with E-state index in [-0.39, 0.29) is 0 Å². The molecule has 0 radical (unpaired) electrons. The van der Waals surface area contributed by atoms with Gasteiger partial charge >= 0.3 is 0 Å². The van der Waals surface area contributed by atoms with E-state index in [4.69, 9.17) is 9.97 Å². The zero-order valence-electron chi connectivity index (χ0n) is 15.0. The van der Waals surface area contributed by atoms with Crippen LogP contribution in [0.3, 0.4) is 0 Å². The SMILES string of the molecule is Cc1ccccc1Nc1nc(N2CCC(C)CC2)nc2c1cnn2C. The van der Waals surface area contributed by atoms with Crippen molar-refractivity contribution in [3.63, 3.8) is 0 Å². The highest BCUT2D eigenvalue weighted by Gasteiger charge is 2.21. The van der Waals surface area contributed by atoms with Crippen molar-refractivity contribution in [3.05, 3.63) is 36.0 Å². The summed E-state index contributed by atoms with van der Waals surface area (Å²) in [5, 5.41) is 8.80. The average molecular weight is 336 g/mol. The lowest BCUT2D eigenvalue weighted by Crippen LogP contribution is -2.34. The molecule has 0 unspecified atom stereocenters. The van der Waals surface area contributed by atoms with Gasteiger partial charge in [-0.2, -0.15) is 15.1 Å². The Hall–Kier alpha value is -2.63. The number of hydrogen-bond donors (Lipinski definition) is 1. The molecule has 0 spiro atoms. The second-order valence-corrected chi connectivity index (χ2v) is 6.99. The maximum absolute atomic E-state index is 4.85. The molecule has 1 aromatic carbocycles. The predicted octanol–water partition coefficient (Wildman–Crippen LogP) is 3.65. The van der Waals surface area contributed by atoms with Gasteiger partial charge in [0.15, 0.2) is 5.65 Å². The summed E-state index contributed by atoms with van der Waals surface area (Å²) in [6.45, 7) is 6.42. The van der Waals surface area contributed by atoms with Crippen LogP contribution in [-0.4, -0.2) is 32.8 Å². The summed E-state index contributed by atoms with van der Waals surface area (Å²) in [6, 6.07) is 8.24. The third-order valence-corrected chi connectivity index (χ3v) is 5.04. The molecule has 3 heterocycles. The first-order valence-corrected chi connectivity index (χ1v) is 8.89. The van der Waals surface area contributed by atoms with E-state index in [0.29, 0.717) is 0 Å². The van der Waals surface area contributed by atoms with Crippen molar-refractivity contribution in [2.24, 2.45) is 13.0 Å². The summed E-state index contributed by atoms with van der Waals surface area (Å²) in [5.41, 5.74) is 3.11. The first kappa shape index (κ1) is 15.9. The molecule has 25 heavy (non-hydrogen) atoms. The normalized spacial score (nSPS) is 15.7. The predicted molar refractivity (Wildman–Crippen MR) is 101 cm³/mol. The molecule has 1 fully saturated rings. The summed E-state index contributed by atoms with van der Waals surface area (Å²) in [4.78, 5) is 11.9. The molecule has 2 aromatic heterocycles. The van der Waals surface area contributed by atoms with Crippen LogP contribution in [0.1, 0.15) is 25.3 Å². The summed E-state index contributed by atoms with van der Waals surface area (Å²) in [6.07, 6.45) is 4.21. The highest BCUT2D eigenvalue weighted by Crippen LogP contribution is 2.29.